The quantitative estimate of drug-likeness (QED) is 0.810. The number of nitrogens with zero attached hydrogens (tertiary/aromatic N) is 2. The largest absolute Gasteiger partial charge is 0.290 e. The molecule has 1 heterocycles. The molecule has 1 aliphatic heterocycles. The van der Waals surface area contributed by atoms with E-state index >= 15 is 0 Å². The molecule has 4 nitrogen and oxygen atoms in total. The van der Waals surface area contributed by atoms with Crippen LogP contribution in [0.1, 0.15) is 12.0 Å². The highest BCUT2D eigenvalue weighted by Gasteiger charge is 2.41. The number of halogens is 1. The molecule has 0 unspecified atom stereocenters. The van der Waals surface area contributed by atoms with E-state index in [0.717, 1.165) is 5.56 Å². The van der Waals surface area contributed by atoms with Gasteiger partial charge < -0.3 is 0 Å². The molecule has 2 amide bonds. The highest BCUT2D eigenvalue weighted by molar-refractivity contribution is 6.30. The van der Waals surface area contributed by atoms with Gasteiger partial charge in [-0.25, -0.2) is 4.90 Å². The van der Waals surface area contributed by atoms with Gasteiger partial charge in [-0.2, -0.15) is 0 Å². The molecule has 0 bridgehead atoms. The first kappa shape index (κ1) is 15.7. The summed E-state index contributed by atoms with van der Waals surface area (Å²) in [6, 6.07) is 16.2. The molecule has 0 N–H and O–H groups in total. The van der Waals surface area contributed by atoms with Gasteiger partial charge in [0, 0.05) is 11.6 Å². The molecule has 1 saturated heterocycles. The fourth-order valence-corrected chi connectivity index (χ4v) is 2.93. The van der Waals surface area contributed by atoms with E-state index in [1.54, 1.807) is 24.3 Å². The van der Waals surface area contributed by atoms with Crippen molar-refractivity contribution in [1.82, 2.24) is 4.90 Å². The summed E-state index contributed by atoms with van der Waals surface area (Å²) in [7, 11) is 1.87. The van der Waals surface area contributed by atoms with Gasteiger partial charge >= 0.3 is 0 Å². The van der Waals surface area contributed by atoms with Crippen LogP contribution in [0.15, 0.2) is 54.6 Å². The molecule has 0 aromatic heterocycles. The summed E-state index contributed by atoms with van der Waals surface area (Å²) in [5.41, 5.74) is 1.68. The standard InChI is InChI=1S/C18H17ClN2O2/c1-20(12-13-5-3-2-4-6-13)16-11-17(22)21(18(16)23)15-9-7-14(19)8-10-15/h2-10,16H,11-12H2,1H3/t16-/m1/s1. The molecular formula is C18H17ClN2O2. The maximum Gasteiger partial charge on any atom is 0.251 e. The maximum absolute atomic E-state index is 12.7. The summed E-state index contributed by atoms with van der Waals surface area (Å²) in [5.74, 6) is -0.363. The maximum atomic E-state index is 12.7. The third kappa shape index (κ3) is 3.28. The molecule has 0 saturated carbocycles. The average Bonchev–Trinajstić information content (AvgIpc) is 2.84. The second-order valence-electron chi connectivity index (χ2n) is 5.66. The van der Waals surface area contributed by atoms with Crippen molar-refractivity contribution in [2.45, 2.75) is 19.0 Å². The predicted molar refractivity (Wildman–Crippen MR) is 90.3 cm³/mol. The number of benzene rings is 2. The number of hydrogen-bond acceptors (Lipinski definition) is 3. The fraction of sp³-hybridized carbons (Fsp3) is 0.222. The molecule has 5 heteroatoms. The van der Waals surface area contributed by atoms with Gasteiger partial charge in [0.25, 0.3) is 5.91 Å². The Bertz CT molecular complexity index is 716. The topological polar surface area (TPSA) is 40.6 Å². The summed E-state index contributed by atoms with van der Waals surface area (Å²) in [4.78, 5) is 28.1. The molecule has 23 heavy (non-hydrogen) atoms. The highest BCUT2D eigenvalue weighted by atomic mass is 35.5. The molecule has 0 aliphatic carbocycles. The minimum absolute atomic E-state index is 0.178. The van der Waals surface area contributed by atoms with Crippen LogP contribution in [0.3, 0.4) is 0 Å². The number of carbonyl (C=O) groups is 2. The average molecular weight is 329 g/mol. The molecule has 2 aromatic carbocycles. The summed E-state index contributed by atoms with van der Waals surface area (Å²) in [6.07, 6.45) is 0.199. The van der Waals surface area contributed by atoms with Crippen LogP contribution in [-0.4, -0.2) is 29.8 Å². The van der Waals surface area contributed by atoms with Crippen LogP contribution < -0.4 is 4.90 Å². The molecule has 1 fully saturated rings. The Kier molecular flexibility index (Phi) is 4.46. The van der Waals surface area contributed by atoms with E-state index in [0.29, 0.717) is 17.3 Å². The molecule has 3 rings (SSSR count). The monoisotopic (exact) mass is 328 g/mol. The lowest BCUT2D eigenvalue weighted by molar-refractivity contribution is -0.122. The van der Waals surface area contributed by atoms with E-state index < -0.39 is 6.04 Å². The number of imide groups is 1. The van der Waals surface area contributed by atoms with E-state index in [4.69, 9.17) is 11.6 Å². The first-order chi connectivity index (χ1) is 11.1. The highest BCUT2D eigenvalue weighted by Crippen LogP contribution is 2.26. The van der Waals surface area contributed by atoms with Crippen molar-refractivity contribution in [3.63, 3.8) is 0 Å². The van der Waals surface area contributed by atoms with Crippen LogP contribution in [0, 0.1) is 0 Å². The van der Waals surface area contributed by atoms with Crippen LogP contribution in [-0.2, 0) is 16.1 Å². The van der Waals surface area contributed by atoms with E-state index in [9.17, 15) is 9.59 Å². The van der Waals surface area contributed by atoms with Gasteiger partial charge in [0.15, 0.2) is 0 Å². The smallest absolute Gasteiger partial charge is 0.251 e. The van der Waals surface area contributed by atoms with Crippen molar-refractivity contribution in [1.29, 1.82) is 0 Å². The van der Waals surface area contributed by atoms with Gasteiger partial charge in [0.1, 0.15) is 0 Å². The van der Waals surface area contributed by atoms with Gasteiger partial charge in [-0.1, -0.05) is 41.9 Å². The molecule has 0 spiro atoms. The lowest BCUT2D eigenvalue weighted by Gasteiger charge is -2.23. The first-order valence-electron chi connectivity index (χ1n) is 7.43. The number of carbonyl (C=O) groups excluding carboxylic acids is 2. The fourth-order valence-electron chi connectivity index (χ4n) is 2.80. The number of amides is 2. The van der Waals surface area contributed by atoms with Crippen molar-refractivity contribution in [2.24, 2.45) is 0 Å². The molecule has 0 radical (unpaired) electrons. The predicted octanol–water partition coefficient (Wildman–Crippen LogP) is 3.10. The minimum Gasteiger partial charge on any atom is -0.290 e. The normalized spacial score (nSPS) is 18.0. The van der Waals surface area contributed by atoms with E-state index in [1.807, 2.05) is 42.3 Å². The number of anilines is 1. The van der Waals surface area contributed by atoms with Crippen LogP contribution >= 0.6 is 11.6 Å². The first-order valence-corrected chi connectivity index (χ1v) is 7.80. The molecular weight excluding hydrogens is 312 g/mol. The Morgan fingerprint density at radius 2 is 1.74 bits per heavy atom. The Balaban J connectivity index is 1.76. The molecule has 2 aromatic rings. The summed E-state index contributed by atoms with van der Waals surface area (Å²) < 4.78 is 0. The molecule has 1 aliphatic rings. The second-order valence-corrected chi connectivity index (χ2v) is 6.10. The lowest BCUT2D eigenvalue weighted by Crippen LogP contribution is -2.39. The minimum atomic E-state index is -0.432. The number of likely N-dealkylation sites (N-methyl/N-ethyl adjacent to an activating group) is 1. The van der Waals surface area contributed by atoms with Crippen molar-refractivity contribution in [3.8, 4) is 0 Å². The Labute approximate surface area is 140 Å². The zero-order chi connectivity index (χ0) is 16.4. The molecule has 118 valence electrons. The third-order valence-corrected chi connectivity index (χ3v) is 4.27. The summed E-state index contributed by atoms with van der Waals surface area (Å²) in [6.45, 7) is 0.624. The second kappa shape index (κ2) is 6.52. The van der Waals surface area contributed by atoms with E-state index in [-0.39, 0.29) is 18.2 Å². The van der Waals surface area contributed by atoms with E-state index in [1.165, 1.54) is 4.90 Å². The van der Waals surface area contributed by atoms with Crippen molar-refractivity contribution in [3.05, 3.63) is 65.2 Å². The zero-order valence-electron chi connectivity index (χ0n) is 12.8. The van der Waals surface area contributed by atoms with Crippen LogP contribution in [0.25, 0.3) is 0 Å². The number of hydrogen-bond donors (Lipinski definition) is 0. The van der Waals surface area contributed by atoms with Gasteiger partial charge in [0.2, 0.25) is 5.91 Å². The van der Waals surface area contributed by atoms with Crippen molar-refractivity contribution >= 4 is 29.1 Å². The number of rotatable bonds is 4. The Hall–Kier alpha value is -2.17. The Morgan fingerprint density at radius 3 is 2.39 bits per heavy atom. The van der Waals surface area contributed by atoms with Crippen LogP contribution in [0.4, 0.5) is 5.69 Å². The van der Waals surface area contributed by atoms with Gasteiger partial charge in [-0.3, -0.25) is 14.5 Å². The van der Waals surface area contributed by atoms with Crippen molar-refractivity contribution < 1.29 is 9.59 Å². The Morgan fingerprint density at radius 1 is 1.09 bits per heavy atom. The summed E-state index contributed by atoms with van der Waals surface area (Å²) >= 11 is 5.86. The van der Waals surface area contributed by atoms with E-state index in [2.05, 4.69) is 0 Å². The van der Waals surface area contributed by atoms with Gasteiger partial charge in [0.05, 0.1) is 18.2 Å². The lowest BCUT2D eigenvalue weighted by atomic mass is 10.1. The molecule has 1 atom stereocenters. The van der Waals surface area contributed by atoms with Crippen molar-refractivity contribution in [2.75, 3.05) is 11.9 Å². The van der Waals surface area contributed by atoms with Gasteiger partial charge in [-0.15, -0.1) is 0 Å². The zero-order valence-corrected chi connectivity index (χ0v) is 13.5. The van der Waals surface area contributed by atoms with Gasteiger partial charge in [-0.05, 0) is 36.9 Å². The van der Waals surface area contributed by atoms with Crippen LogP contribution in [0.5, 0.6) is 0 Å². The third-order valence-electron chi connectivity index (χ3n) is 4.01. The van der Waals surface area contributed by atoms with Crippen LogP contribution in [0.2, 0.25) is 5.02 Å². The summed E-state index contributed by atoms with van der Waals surface area (Å²) in [5, 5.41) is 0.575. The SMILES string of the molecule is CN(Cc1ccccc1)[C@@H]1CC(=O)N(c2ccc(Cl)cc2)C1=O.